The molecular formula is C12H17F3N2. The second-order valence-electron chi connectivity index (χ2n) is 4.05. The van der Waals surface area contributed by atoms with E-state index in [9.17, 15) is 13.2 Å². The molecule has 1 atom stereocenters. The monoisotopic (exact) mass is 246 g/mol. The summed E-state index contributed by atoms with van der Waals surface area (Å²) in [6.45, 7) is 4.68. The van der Waals surface area contributed by atoms with Gasteiger partial charge < -0.3 is 5.32 Å². The van der Waals surface area contributed by atoms with Gasteiger partial charge in [-0.3, -0.25) is 4.98 Å². The van der Waals surface area contributed by atoms with Gasteiger partial charge in [-0.1, -0.05) is 6.92 Å². The molecule has 0 radical (unpaired) electrons. The topological polar surface area (TPSA) is 24.9 Å². The van der Waals surface area contributed by atoms with Crippen molar-refractivity contribution in [3.63, 3.8) is 0 Å². The van der Waals surface area contributed by atoms with Gasteiger partial charge in [-0.2, -0.15) is 13.2 Å². The van der Waals surface area contributed by atoms with E-state index in [4.69, 9.17) is 0 Å². The molecule has 5 heteroatoms. The third kappa shape index (κ3) is 4.34. The number of pyridine rings is 1. The van der Waals surface area contributed by atoms with Gasteiger partial charge in [-0.05, 0) is 32.0 Å². The summed E-state index contributed by atoms with van der Waals surface area (Å²) in [5.41, 5.74) is -0.527. The van der Waals surface area contributed by atoms with Crippen molar-refractivity contribution in [3.05, 3.63) is 29.6 Å². The molecule has 0 bridgehead atoms. The van der Waals surface area contributed by atoms with Crippen LogP contribution in [-0.4, -0.2) is 17.6 Å². The van der Waals surface area contributed by atoms with E-state index in [2.05, 4.69) is 10.3 Å². The standard InChI is InChI=1S/C12H17F3N2/c1-3-6-16-9(2)8-11-10(12(13,14)15)5-4-7-17-11/h4-5,7,9,16H,3,6,8H2,1-2H3. The van der Waals surface area contributed by atoms with Crippen molar-refractivity contribution in [1.29, 1.82) is 0 Å². The lowest BCUT2D eigenvalue weighted by molar-refractivity contribution is -0.138. The van der Waals surface area contributed by atoms with Crippen LogP contribution in [0, 0.1) is 0 Å². The van der Waals surface area contributed by atoms with E-state index in [1.807, 2.05) is 13.8 Å². The highest BCUT2D eigenvalue weighted by molar-refractivity contribution is 5.23. The summed E-state index contributed by atoms with van der Waals surface area (Å²) in [5, 5.41) is 3.15. The Hall–Kier alpha value is -1.10. The molecule has 17 heavy (non-hydrogen) atoms. The molecule has 0 spiro atoms. The van der Waals surface area contributed by atoms with Crippen LogP contribution in [0.3, 0.4) is 0 Å². The van der Waals surface area contributed by atoms with E-state index >= 15 is 0 Å². The predicted octanol–water partition coefficient (Wildman–Crippen LogP) is 3.03. The fraction of sp³-hybridized carbons (Fsp3) is 0.583. The molecule has 0 aliphatic heterocycles. The number of aromatic nitrogens is 1. The molecular weight excluding hydrogens is 229 g/mol. The molecule has 0 aliphatic carbocycles. The molecule has 96 valence electrons. The van der Waals surface area contributed by atoms with Gasteiger partial charge >= 0.3 is 6.18 Å². The molecule has 1 aromatic rings. The lowest BCUT2D eigenvalue weighted by Crippen LogP contribution is -2.30. The Kier molecular flexibility index (Phi) is 4.93. The number of rotatable bonds is 5. The van der Waals surface area contributed by atoms with Gasteiger partial charge in [0.1, 0.15) is 0 Å². The normalized spacial score (nSPS) is 13.7. The zero-order valence-corrected chi connectivity index (χ0v) is 10.0. The number of hydrogen-bond donors (Lipinski definition) is 1. The Morgan fingerprint density at radius 2 is 2.12 bits per heavy atom. The largest absolute Gasteiger partial charge is 0.418 e. The molecule has 1 aromatic heterocycles. The van der Waals surface area contributed by atoms with E-state index in [1.165, 1.54) is 12.3 Å². The molecule has 1 unspecified atom stereocenters. The minimum atomic E-state index is -4.33. The highest BCUT2D eigenvalue weighted by atomic mass is 19.4. The number of hydrogen-bond acceptors (Lipinski definition) is 2. The smallest absolute Gasteiger partial charge is 0.314 e. The Bertz CT molecular complexity index is 350. The Morgan fingerprint density at radius 3 is 2.71 bits per heavy atom. The maximum absolute atomic E-state index is 12.7. The molecule has 0 saturated carbocycles. The van der Waals surface area contributed by atoms with Crippen LogP contribution in [-0.2, 0) is 12.6 Å². The highest BCUT2D eigenvalue weighted by Gasteiger charge is 2.33. The maximum atomic E-state index is 12.7. The van der Waals surface area contributed by atoms with Crippen molar-refractivity contribution in [1.82, 2.24) is 10.3 Å². The quantitative estimate of drug-likeness (QED) is 0.863. The van der Waals surface area contributed by atoms with Crippen molar-refractivity contribution in [3.8, 4) is 0 Å². The average molecular weight is 246 g/mol. The van der Waals surface area contributed by atoms with E-state index in [-0.39, 0.29) is 18.2 Å². The lowest BCUT2D eigenvalue weighted by atomic mass is 10.1. The minimum absolute atomic E-state index is 0.00838. The van der Waals surface area contributed by atoms with Crippen LogP contribution >= 0.6 is 0 Å². The number of alkyl halides is 3. The SMILES string of the molecule is CCCNC(C)Cc1ncccc1C(F)(F)F. The average Bonchev–Trinajstić information content (AvgIpc) is 2.25. The van der Waals surface area contributed by atoms with Crippen molar-refractivity contribution in [2.45, 2.75) is 38.9 Å². The third-order valence-corrected chi connectivity index (χ3v) is 2.44. The van der Waals surface area contributed by atoms with Crippen LogP contribution in [0.15, 0.2) is 18.3 Å². The zero-order chi connectivity index (χ0) is 12.9. The number of halogens is 3. The summed E-state index contributed by atoms with van der Waals surface area (Å²) >= 11 is 0. The van der Waals surface area contributed by atoms with Crippen molar-refractivity contribution < 1.29 is 13.2 Å². The Balaban J connectivity index is 2.77. The summed E-state index contributed by atoms with van der Waals surface area (Å²) in [7, 11) is 0. The zero-order valence-electron chi connectivity index (χ0n) is 10.0. The van der Waals surface area contributed by atoms with Gasteiger partial charge in [0.2, 0.25) is 0 Å². The summed E-state index contributed by atoms with van der Waals surface area (Å²) < 4.78 is 38.1. The lowest BCUT2D eigenvalue weighted by Gasteiger charge is -2.16. The molecule has 0 fully saturated rings. The first kappa shape index (κ1) is 14.0. The van der Waals surface area contributed by atoms with E-state index in [0.29, 0.717) is 0 Å². The third-order valence-electron chi connectivity index (χ3n) is 2.44. The Labute approximate surface area is 99.3 Å². The van der Waals surface area contributed by atoms with Gasteiger partial charge in [-0.15, -0.1) is 0 Å². The summed E-state index contributed by atoms with van der Waals surface area (Å²) in [6, 6.07) is 2.39. The van der Waals surface area contributed by atoms with Crippen LogP contribution < -0.4 is 5.32 Å². The molecule has 2 nitrogen and oxygen atoms in total. The second kappa shape index (κ2) is 6.00. The summed E-state index contributed by atoms with van der Waals surface area (Å²) in [5.74, 6) is 0. The van der Waals surface area contributed by atoms with E-state index < -0.39 is 11.7 Å². The second-order valence-corrected chi connectivity index (χ2v) is 4.05. The van der Waals surface area contributed by atoms with E-state index in [1.54, 1.807) is 0 Å². The van der Waals surface area contributed by atoms with Gasteiger partial charge in [0.25, 0.3) is 0 Å². The van der Waals surface area contributed by atoms with Crippen molar-refractivity contribution in [2.24, 2.45) is 0 Å². The molecule has 0 saturated heterocycles. The summed E-state index contributed by atoms with van der Waals surface area (Å²) in [6.07, 6.45) is -1.68. The minimum Gasteiger partial charge on any atom is -0.314 e. The fourth-order valence-corrected chi connectivity index (χ4v) is 1.61. The van der Waals surface area contributed by atoms with Crippen LogP contribution in [0.4, 0.5) is 13.2 Å². The van der Waals surface area contributed by atoms with E-state index in [0.717, 1.165) is 19.0 Å². The Morgan fingerprint density at radius 1 is 1.41 bits per heavy atom. The first-order valence-corrected chi connectivity index (χ1v) is 5.69. The van der Waals surface area contributed by atoms with Gasteiger partial charge in [0, 0.05) is 18.7 Å². The van der Waals surface area contributed by atoms with Gasteiger partial charge in [-0.25, -0.2) is 0 Å². The van der Waals surface area contributed by atoms with Crippen molar-refractivity contribution in [2.75, 3.05) is 6.54 Å². The van der Waals surface area contributed by atoms with Crippen LogP contribution in [0.2, 0.25) is 0 Å². The van der Waals surface area contributed by atoms with Crippen LogP contribution in [0.1, 0.15) is 31.5 Å². The highest BCUT2D eigenvalue weighted by Crippen LogP contribution is 2.31. The molecule has 1 N–H and O–H groups in total. The predicted molar refractivity (Wildman–Crippen MR) is 60.7 cm³/mol. The molecule has 1 heterocycles. The maximum Gasteiger partial charge on any atom is 0.418 e. The van der Waals surface area contributed by atoms with Gasteiger partial charge in [0.05, 0.1) is 11.3 Å². The summed E-state index contributed by atoms with van der Waals surface area (Å²) in [4.78, 5) is 3.83. The molecule has 0 amide bonds. The number of nitrogens with one attached hydrogen (secondary N) is 1. The fourth-order valence-electron chi connectivity index (χ4n) is 1.61. The van der Waals surface area contributed by atoms with Crippen molar-refractivity contribution >= 4 is 0 Å². The first-order valence-electron chi connectivity index (χ1n) is 5.69. The molecule has 0 aliphatic rings. The van der Waals surface area contributed by atoms with Gasteiger partial charge in [0.15, 0.2) is 0 Å². The molecule has 1 rings (SSSR count). The molecule has 0 aromatic carbocycles. The number of nitrogens with zero attached hydrogens (tertiary/aromatic N) is 1. The first-order chi connectivity index (χ1) is 7.95. The van der Waals surface area contributed by atoms with Crippen LogP contribution in [0.5, 0.6) is 0 Å². The van der Waals surface area contributed by atoms with Crippen LogP contribution in [0.25, 0.3) is 0 Å².